The molecule has 2 N–H and O–H groups in total. The number of thioether (sulfide) groups is 1. The third-order valence-corrected chi connectivity index (χ3v) is 3.83. The lowest BCUT2D eigenvalue weighted by molar-refractivity contribution is 0.854. The van der Waals surface area contributed by atoms with E-state index in [9.17, 15) is 0 Å². The fraction of sp³-hybridized carbons (Fsp3) is 0.357. The van der Waals surface area contributed by atoms with Gasteiger partial charge in [-0.25, -0.2) is 9.97 Å². The van der Waals surface area contributed by atoms with Gasteiger partial charge in [0.2, 0.25) is 0 Å². The predicted molar refractivity (Wildman–Crippen MR) is 84.2 cm³/mol. The Hall–Kier alpha value is -1.33. The zero-order valence-electron chi connectivity index (χ0n) is 11.5. The molecule has 0 unspecified atom stereocenters. The second kappa shape index (κ2) is 6.90. The number of anilines is 1. The molecule has 0 saturated carbocycles. The van der Waals surface area contributed by atoms with E-state index in [1.54, 1.807) is 6.07 Å². The van der Waals surface area contributed by atoms with Crippen molar-refractivity contribution in [3.05, 3.63) is 40.8 Å². The summed E-state index contributed by atoms with van der Waals surface area (Å²) in [4.78, 5) is 12.6. The monoisotopic (exact) mass is 308 g/mol. The number of halogens is 1. The summed E-state index contributed by atoms with van der Waals surface area (Å²) >= 11 is 7.38. The van der Waals surface area contributed by atoms with Crippen LogP contribution in [-0.2, 0) is 6.42 Å². The van der Waals surface area contributed by atoms with Crippen LogP contribution < -0.4 is 5.73 Å². The molecule has 0 radical (unpaired) electrons. The molecule has 0 aliphatic carbocycles. The molecular weight excluding hydrogens is 292 g/mol. The van der Waals surface area contributed by atoms with Crippen LogP contribution in [0.1, 0.15) is 31.0 Å². The average molecular weight is 309 g/mol. The minimum Gasteiger partial charge on any atom is -0.384 e. The van der Waals surface area contributed by atoms with Crippen molar-refractivity contribution < 1.29 is 0 Å². The predicted octanol–water partition coefficient (Wildman–Crippen LogP) is 3.57. The number of aryl methyl sites for hydroxylation is 1. The van der Waals surface area contributed by atoms with Crippen molar-refractivity contribution in [3.8, 4) is 0 Å². The minimum atomic E-state index is 0.375. The maximum absolute atomic E-state index is 5.84. The highest BCUT2D eigenvalue weighted by molar-refractivity contribution is 7.99. The minimum absolute atomic E-state index is 0.375. The van der Waals surface area contributed by atoms with Gasteiger partial charge in [0.05, 0.1) is 0 Å². The molecule has 0 fully saturated rings. The van der Waals surface area contributed by atoms with Gasteiger partial charge in [-0.2, -0.15) is 0 Å². The van der Waals surface area contributed by atoms with Gasteiger partial charge >= 0.3 is 0 Å². The Labute approximate surface area is 128 Å². The molecule has 0 aliphatic heterocycles. The van der Waals surface area contributed by atoms with Crippen LogP contribution in [0.2, 0.25) is 5.15 Å². The Balaban J connectivity index is 1.94. The highest BCUT2D eigenvalue weighted by atomic mass is 35.5. The quantitative estimate of drug-likeness (QED) is 0.520. The van der Waals surface area contributed by atoms with Crippen LogP contribution in [0, 0.1) is 0 Å². The van der Waals surface area contributed by atoms with E-state index < -0.39 is 0 Å². The topological polar surface area (TPSA) is 64.7 Å². The number of hydrogen-bond donors (Lipinski definition) is 1. The number of rotatable bonds is 5. The molecular formula is C14H17ClN4S. The summed E-state index contributed by atoms with van der Waals surface area (Å²) in [6.07, 6.45) is 2.73. The molecule has 0 aliphatic rings. The van der Waals surface area contributed by atoms with Crippen molar-refractivity contribution >= 4 is 29.2 Å². The molecule has 2 heterocycles. The molecule has 2 aromatic rings. The van der Waals surface area contributed by atoms with E-state index in [0.717, 1.165) is 17.9 Å². The maximum atomic E-state index is 5.84. The lowest BCUT2D eigenvalue weighted by Gasteiger charge is -2.07. The highest BCUT2D eigenvalue weighted by Gasteiger charge is 2.04. The SMILES string of the molecule is CC(C)c1ccnc(CCSc2nc(N)cc(Cl)n2)c1. The Bertz CT molecular complexity index is 569. The summed E-state index contributed by atoms with van der Waals surface area (Å²) in [5, 5.41) is 0.981. The van der Waals surface area contributed by atoms with Crippen molar-refractivity contribution in [1.82, 2.24) is 15.0 Å². The molecule has 6 heteroatoms. The first kappa shape index (κ1) is 15.1. The van der Waals surface area contributed by atoms with Gasteiger partial charge in [0.15, 0.2) is 5.16 Å². The molecule has 4 nitrogen and oxygen atoms in total. The number of pyridine rings is 1. The Kier molecular flexibility index (Phi) is 5.20. The Morgan fingerprint density at radius 2 is 2.10 bits per heavy atom. The molecule has 106 valence electrons. The third kappa shape index (κ3) is 4.35. The molecule has 2 aromatic heterocycles. The zero-order valence-corrected chi connectivity index (χ0v) is 13.1. The van der Waals surface area contributed by atoms with Gasteiger partial charge in [0, 0.05) is 23.7 Å². The largest absolute Gasteiger partial charge is 0.384 e. The normalized spacial score (nSPS) is 11.0. The molecule has 0 amide bonds. The number of aromatic nitrogens is 3. The summed E-state index contributed by atoms with van der Waals surface area (Å²) in [5.74, 6) is 1.75. The fourth-order valence-electron chi connectivity index (χ4n) is 1.72. The fourth-order valence-corrected chi connectivity index (χ4v) is 2.79. The smallest absolute Gasteiger partial charge is 0.190 e. The molecule has 20 heavy (non-hydrogen) atoms. The van der Waals surface area contributed by atoms with Crippen molar-refractivity contribution in [3.63, 3.8) is 0 Å². The standard InChI is InChI=1S/C14H17ClN4S/c1-9(2)10-3-5-17-11(7-10)4-6-20-14-18-12(15)8-13(16)19-14/h3,5,7-9H,4,6H2,1-2H3,(H2,16,18,19). The lowest BCUT2D eigenvalue weighted by atomic mass is 10.0. The van der Waals surface area contributed by atoms with Crippen molar-refractivity contribution in [2.45, 2.75) is 31.3 Å². The van der Waals surface area contributed by atoms with Crippen LogP contribution in [0.15, 0.2) is 29.6 Å². The molecule has 0 atom stereocenters. The van der Waals surface area contributed by atoms with Gasteiger partial charge < -0.3 is 5.73 Å². The number of nitrogen functional groups attached to an aromatic ring is 1. The van der Waals surface area contributed by atoms with Crippen molar-refractivity contribution in [1.29, 1.82) is 0 Å². The average Bonchev–Trinajstić information content (AvgIpc) is 2.38. The summed E-state index contributed by atoms with van der Waals surface area (Å²) in [5.41, 5.74) is 8.02. The van der Waals surface area contributed by atoms with Crippen molar-refractivity contribution in [2.24, 2.45) is 0 Å². The van der Waals surface area contributed by atoms with Crippen LogP contribution in [0.3, 0.4) is 0 Å². The van der Waals surface area contributed by atoms with Gasteiger partial charge in [-0.05, 0) is 30.0 Å². The molecule has 0 spiro atoms. The summed E-state index contributed by atoms with van der Waals surface area (Å²) in [6.45, 7) is 4.35. The van der Waals surface area contributed by atoms with E-state index in [1.165, 1.54) is 17.3 Å². The van der Waals surface area contributed by atoms with Gasteiger partial charge in [-0.3, -0.25) is 4.98 Å². The third-order valence-electron chi connectivity index (χ3n) is 2.79. The van der Waals surface area contributed by atoms with E-state index in [4.69, 9.17) is 17.3 Å². The second-order valence-corrected chi connectivity index (χ2v) is 6.18. The van der Waals surface area contributed by atoms with E-state index >= 15 is 0 Å². The van der Waals surface area contributed by atoms with Gasteiger partial charge in [-0.1, -0.05) is 37.2 Å². The highest BCUT2D eigenvalue weighted by Crippen LogP contribution is 2.20. The van der Waals surface area contributed by atoms with E-state index in [1.807, 2.05) is 6.20 Å². The van der Waals surface area contributed by atoms with Crippen LogP contribution in [0.5, 0.6) is 0 Å². The Morgan fingerprint density at radius 3 is 2.80 bits per heavy atom. The van der Waals surface area contributed by atoms with Crippen molar-refractivity contribution in [2.75, 3.05) is 11.5 Å². The van der Waals surface area contributed by atoms with Gasteiger partial charge in [0.1, 0.15) is 11.0 Å². The number of nitrogens with two attached hydrogens (primary N) is 1. The number of nitrogens with zero attached hydrogens (tertiary/aromatic N) is 3. The first-order valence-electron chi connectivity index (χ1n) is 6.42. The molecule has 0 aromatic carbocycles. The van der Waals surface area contributed by atoms with Crippen LogP contribution in [0.4, 0.5) is 5.82 Å². The molecule has 0 saturated heterocycles. The summed E-state index contributed by atoms with van der Waals surface area (Å²) in [6, 6.07) is 5.75. The van der Waals surface area contributed by atoms with Crippen LogP contribution in [0.25, 0.3) is 0 Å². The van der Waals surface area contributed by atoms with Gasteiger partial charge in [-0.15, -0.1) is 0 Å². The summed E-state index contributed by atoms with van der Waals surface area (Å²) < 4.78 is 0. The molecule has 2 rings (SSSR count). The van der Waals surface area contributed by atoms with E-state index in [2.05, 4.69) is 40.9 Å². The first-order valence-corrected chi connectivity index (χ1v) is 7.78. The lowest BCUT2D eigenvalue weighted by Crippen LogP contribution is -1.98. The first-order chi connectivity index (χ1) is 9.54. The molecule has 0 bridgehead atoms. The Morgan fingerprint density at radius 1 is 1.30 bits per heavy atom. The second-order valence-electron chi connectivity index (χ2n) is 4.73. The van der Waals surface area contributed by atoms with E-state index in [-0.39, 0.29) is 0 Å². The van der Waals surface area contributed by atoms with Crippen LogP contribution in [-0.4, -0.2) is 20.7 Å². The van der Waals surface area contributed by atoms with Crippen LogP contribution >= 0.6 is 23.4 Å². The number of hydrogen-bond acceptors (Lipinski definition) is 5. The van der Waals surface area contributed by atoms with E-state index in [0.29, 0.717) is 22.0 Å². The zero-order chi connectivity index (χ0) is 14.5. The maximum Gasteiger partial charge on any atom is 0.190 e. The summed E-state index contributed by atoms with van der Waals surface area (Å²) in [7, 11) is 0. The van der Waals surface area contributed by atoms with Gasteiger partial charge in [0.25, 0.3) is 0 Å².